The Balaban J connectivity index is 2.93. The minimum Gasteiger partial charge on any atom is -0.491 e. The minimum absolute atomic E-state index is 0.101. The number of ketones is 1. The fraction of sp³-hybridized carbons (Fsp3) is 0.400. The fourth-order valence-corrected chi connectivity index (χ4v) is 2.19. The normalized spacial score (nSPS) is 13.8. The number of benzene rings is 1. The number of carbonyl (C=O) groups excluding carboxylic acids is 1. The Morgan fingerprint density at radius 2 is 2.08 bits per heavy atom. The lowest BCUT2D eigenvalue weighted by Crippen LogP contribution is -2.32. The SMILES string of the molecule is C=C/C(=C\N=C(C)c1cccc(OC(C)C)c1)C[C@H](NC)C(C)=O. The van der Waals surface area contributed by atoms with Gasteiger partial charge in [0.1, 0.15) is 11.5 Å². The van der Waals surface area contributed by atoms with E-state index in [1.165, 1.54) is 0 Å². The van der Waals surface area contributed by atoms with Crippen LogP contribution in [-0.2, 0) is 4.79 Å². The molecule has 0 radical (unpaired) electrons. The second-order valence-corrected chi connectivity index (χ2v) is 5.97. The van der Waals surface area contributed by atoms with E-state index in [0.717, 1.165) is 22.6 Å². The first-order valence-corrected chi connectivity index (χ1v) is 8.18. The third-order valence-electron chi connectivity index (χ3n) is 3.59. The van der Waals surface area contributed by atoms with E-state index in [-0.39, 0.29) is 17.9 Å². The Kier molecular flexibility index (Phi) is 8.13. The van der Waals surface area contributed by atoms with Gasteiger partial charge in [0.2, 0.25) is 0 Å². The van der Waals surface area contributed by atoms with E-state index < -0.39 is 0 Å². The number of likely N-dealkylation sites (N-methyl/N-ethyl adjacent to an activating group) is 1. The van der Waals surface area contributed by atoms with Crippen molar-refractivity contribution >= 4 is 11.5 Å². The molecular formula is C20H28N2O2. The number of nitrogens with zero attached hydrogens (tertiary/aromatic N) is 1. The number of hydrogen-bond acceptors (Lipinski definition) is 4. The van der Waals surface area contributed by atoms with Gasteiger partial charge >= 0.3 is 0 Å². The molecule has 1 aromatic carbocycles. The van der Waals surface area contributed by atoms with Crippen LogP contribution in [-0.4, -0.2) is 30.7 Å². The third-order valence-corrected chi connectivity index (χ3v) is 3.59. The smallest absolute Gasteiger partial charge is 0.147 e. The summed E-state index contributed by atoms with van der Waals surface area (Å²) in [4.78, 5) is 16.1. The average molecular weight is 328 g/mol. The Labute approximate surface area is 145 Å². The van der Waals surface area contributed by atoms with Crippen molar-refractivity contribution in [1.29, 1.82) is 0 Å². The molecule has 0 fully saturated rings. The highest BCUT2D eigenvalue weighted by Crippen LogP contribution is 2.16. The van der Waals surface area contributed by atoms with Gasteiger partial charge in [-0.1, -0.05) is 24.8 Å². The largest absolute Gasteiger partial charge is 0.491 e. The molecule has 0 aromatic heterocycles. The molecule has 130 valence electrons. The van der Waals surface area contributed by atoms with Crippen molar-refractivity contribution in [2.45, 2.75) is 46.3 Å². The highest BCUT2D eigenvalue weighted by molar-refractivity contribution is 5.99. The topological polar surface area (TPSA) is 50.7 Å². The molecule has 1 aromatic rings. The molecule has 0 unspecified atom stereocenters. The zero-order chi connectivity index (χ0) is 18.1. The first-order valence-electron chi connectivity index (χ1n) is 8.18. The lowest BCUT2D eigenvalue weighted by Gasteiger charge is -2.12. The fourth-order valence-electron chi connectivity index (χ4n) is 2.19. The van der Waals surface area contributed by atoms with Crippen molar-refractivity contribution < 1.29 is 9.53 Å². The van der Waals surface area contributed by atoms with Gasteiger partial charge in [-0.2, -0.15) is 0 Å². The number of carbonyl (C=O) groups is 1. The Bertz CT molecular complexity index is 630. The molecule has 1 atom stereocenters. The maximum Gasteiger partial charge on any atom is 0.147 e. The Morgan fingerprint density at radius 1 is 1.38 bits per heavy atom. The molecule has 0 saturated carbocycles. The Morgan fingerprint density at radius 3 is 2.62 bits per heavy atom. The van der Waals surface area contributed by atoms with Crippen LogP contribution < -0.4 is 10.1 Å². The monoisotopic (exact) mass is 328 g/mol. The molecule has 24 heavy (non-hydrogen) atoms. The van der Waals surface area contributed by atoms with Crippen molar-refractivity contribution in [3.8, 4) is 5.75 Å². The van der Waals surface area contributed by atoms with E-state index in [9.17, 15) is 4.79 Å². The molecule has 4 nitrogen and oxygen atoms in total. The summed E-state index contributed by atoms with van der Waals surface area (Å²) < 4.78 is 5.71. The number of rotatable bonds is 9. The summed E-state index contributed by atoms with van der Waals surface area (Å²) in [6.07, 6.45) is 4.21. The van der Waals surface area contributed by atoms with Gasteiger partial charge in [0.25, 0.3) is 0 Å². The number of nitrogens with one attached hydrogen (secondary N) is 1. The summed E-state index contributed by atoms with van der Waals surface area (Å²) in [6.45, 7) is 11.3. The lowest BCUT2D eigenvalue weighted by molar-refractivity contribution is -0.118. The van der Waals surface area contributed by atoms with Crippen molar-refractivity contribution in [3.05, 3.63) is 54.3 Å². The van der Waals surface area contributed by atoms with Crippen molar-refractivity contribution in [2.24, 2.45) is 4.99 Å². The second-order valence-electron chi connectivity index (χ2n) is 5.97. The van der Waals surface area contributed by atoms with E-state index in [2.05, 4.69) is 16.9 Å². The van der Waals surface area contributed by atoms with Crippen LogP contribution in [0.5, 0.6) is 5.75 Å². The molecule has 0 heterocycles. The van der Waals surface area contributed by atoms with Crippen LogP contribution in [0.4, 0.5) is 0 Å². The number of ether oxygens (including phenoxy) is 1. The molecule has 0 amide bonds. The third kappa shape index (κ3) is 6.50. The van der Waals surface area contributed by atoms with Gasteiger partial charge in [-0.05, 0) is 64.4 Å². The number of hydrogen-bond donors (Lipinski definition) is 1. The molecule has 0 saturated heterocycles. The zero-order valence-electron chi connectivity index (χ0n) is 15.3. The van der Waals surface area contributed by atoms with Gasteiger partial charge in [0.05, 0.1) is 12.1 Å². The summed E-state index contributed by atoms with van der Waals surface area (Å²) >= 11 is 0. The number of Topliss-reactive ketones (excluding diaryl/α,β-unsaturated/α-hetero) is 1. The predicted octanol–water partition coefficient (Wildman–Crippen LogP) is 3.92. The number of allylic oxidation sites excluding steroid dienone is 1. The summed E-state index contributed by atoms with van der Waals surface area (Å²) in [5, 5.41) is 3.01. The van der Waals surface area contributed by atoms with Crippen LogP contribution in [0.15, 0.2) is 53.7 Å². The van der Waals surface area contributed by atoms with Gasteiger partial charge in [-0.3, -0.25) is 9.79 Å². The molecule has 4 heteroatoms. The molecule has 1 N–H and O–H groups in total. The van der Waals surface area contributed by atoms with E-state index >= 15 is 0 Å². The number of aliphatic imine (C=N–C) groups is 1. The molecular weight excluding hydrogens is 300 g/mol. The summed E-state index contributed by atoms with van der Waals surface area (Å²) in [5.41, 5.74) is 2.80. The van der Waals surface area contributed by atoms with Gasteiger partial charge in [0.15, 0.2) is 0 Å². The minimum atomic E-state index is -0.215. The van der Waals surface area contributed by atoms with Crippen molar-refractivity contribution in [2.75, 3.05) is 7.05 Å². The summed E-state index contributed by atoms with van der Waals surface area (Å²) in [5.74, 6) is 0.932. The second kappa shape index (κ2) is 9.83. The predicted molar refractivity (Wildman–Crippen MR) is 101 cm³/mol. The molecule has 0 bridgehead atoms. The van der Waals surface area contributed by atoms with E-state index in [1.54, 1.807) is 26.2 Å². The van der Waals surface area contributed by atoms with E-state index in [0.29, 0.717) is 6.42 Å². The molecule has 0 aliphatic heterocycles. The maximum atomic E-state index is 11.5. The zero-order valence-corrected chi connectivity index (χ0v) is 15.3. The highest BCUT2D eigenvalue weighted by Gasteiger charge is 2.12. The summed E-state index contributed by atoms with van der Waals surface area (Å²) in [6, 6.07) is 7.65. The standard InChI is InChI=1S/C20H28N2O2/c1-7-17(11-20(21-6)16(5)23)13-22-15(4)18-9-8-10-19(12-18)24-14(2)3/h7-10,12-14,20-21H,1,11H2,2-6H3/b17-13+,22-15?/t20-/m0/s1. The van der Waals surface area contributed by atoms with Crippen LogP contribution in [0, 0.1) is 0 Å². The molecule has 0 aliphatic rings. The average Bonchev–Trinajstić information content (AvgIpc) is 2.54. The van der Waals surface area contributed by atoms with Crippen LogP contribution in [0.1, 0.15) is 39.7 Å². The van der Waals surface area contributed by atoms with Crippen molar-refractivity contribution in [1.82, 2.24) is 5.32 Å². The quantitative estimate of drug-likeness (QED) is 0.552. The Hall–Kier alpha value is -2.20. The highest BCUT2D eigenvalue weighted by atomic mass is 16.5. The molecule has 1 rings (SSSR count). The van der Waals surface area contributed by atoms with Crippen LogP contribution in [0.2, 0.25) is 0 Å². The van der Waals surface area contributed by atoms with Crippen LogP contribution in [0.3, 0.4) is 0 Å². The molecule has 0 aliphatic carbocycles. The van der Waals surface area contributed by atoms with Gasteiger partial charge < -0.3 is 10.1 Å². The lowest BCUT2D eigenvalue weighted by atomic mass is 10.0. The van der Waals surface area contributed by atoms with Gasteiger partial charge in [-0.15, -0.1) is 0 Å². The van der Waals surface area contributed by atoms with Gasteiger partial charge in [0, 0.05) is 11.9 Å². The van der Waals surface area contributed by atoms with Crippen LogP contribution in [0.25, 0.3) is 0 Å². The van der Waals surface area contributed by atoms with E-state index in [4.69, 9.17) is 4.74 Å². The van der Waals surface area contributed by atoms with Gasteiger partial charge in [-0.25, -0.2) is 0 Å². The first kappa shape index (κ1) is 19.8. The molecule has 0 spiro atoms. The van der Waals surface area contributed by atoms with Crippen LogP contribution >= 0.6 is 0 Å². The van der Waals surface area contributed by atoms with E-state index in [1.807, 2.05) is 45.0 Å². The first-order chi connectivity index (χ1) is 11.4. The summed E-state index contributed by atoms with van der Waals surface area (Å²) in [7, 11) is 1.78. The maximum absolute atomic E-state index is 11.5. The van der Waals surface area contributed by atoms with Crippen molar-refractivity contribution in [3.63, 3.8) is 0 Å².